The molecule has 3 atom stereocenters. The molecule has 4 aromatic rings. The summed E-state index contributed by atoms with van der Waals surface area (Å²) in [7, 11) is 1.99. The molecule has 0 spiro atoms. The van der Waals surface area contributed by atoms with Crippen molar-refractivity contribution < 1.29 is 46.3 Å². The molecule has 3 aliphatic heterocycles. The zero-order valence-corrected chi connectivity index (χ0v) is 35.9. The SMILES string of the molecule is C[C@@H]1CN(c2ccc(-c3ccc(C(=O)NCCCCCCNc4cccc5c4C(=O)N(C4CCC(=O)NC4=O)C5=O)cc3F)cc2NC(=O)c2c[nH]c(=O)cc2C(F)(F)F)C[C@H](C)N1C. The standard InChI is InChI=1S/C46H48F4N8O7/c1-25-23-57(24-26(2)56(25)3)36-14-12-27(20-35(36)54-42(62)31-22-53-39(60)21-32(31)46(48,49)50)29-13-11-28(19-33(29)47)41(61)52-18-7-5-4-6-17-51-34-10-8-9-30-40(34)45(65)58(44(30)64)37-15-16-38(59)55-43(37)63/h8-14,19-22,25-26,37,51H,4-7,15-18,23-24H2,1-3H3,(H,52,61)(H,53,60)(H,54,62)(H,55,59,63)/t25-,26+,37?. The van der Waals surface area contributed by atoms with Crippen LogP contribution < -0.4 is 31.7 Å². The summed E-state index contributed by atoms with van der Waals surface area (Å²) in [6.45, 7) is 5.90. The zero-order chi connectivity index (χ0) is 46.7. The Labute approximate surface area is 370 Å². The van der Waals surface area contributed by atoms with Gasteiger partial charge in [-0.3, -0.25) is 48.7 Å². The third-order valence-corrected chi connectivity index (χ3v) is 12.1. The van der Waals surface area contributed by atoms with Crippen LogP contribution in [-0.2, 0) is 15.8 Å². The molecule has 342 valence electrons. The largest absolute Gasteiger partial charge is 0.417 e. The van der Waals surface area contributed by atoms with E-state index in [2.05, 4.69) is 31.2 Å². The fraction of sp³-hybridized carbons (Fsp3) is 0.370. The summed E-state index contributed by atoms with van der Waals surface area (Å²) in [6, 6.07) is 13.0. The Morgan fingerprint density at radius 2 is 1.54 bits per heavy atom. The summed E-state index contributed by atoms with van der Waals surface area (Å²) in [5.74, 6) is -4.68. The quantitative estimate of drug-likeness (QED) is 0.0589. The third kappa shape index (κ3) is 9.94. The molecule has 65 heavy (non-hydrogen) atoms. The lowest BCUT2D eigenvalue weighted by Gasteiger charge is -2.44. The van der Waals surface area contributed by atoms with Gasteiger partial charge in [0.05, 0.1) is 33.6 Å². The number of nitrogens with one attached hydrogen (secondary N) is 5. The number of hydrogen-bond donors (Lipinski definition) is 5. The van der Waals surface area contributed by atoms with Gasteiger partial charge in [-0.1, -0.05) is 31.0 Å². The van der Waals surface area contributed by atoms with Gasteiger partial charge in [-0.05, 0) is 82.1 Å². The number of carbonyl (C=O) groups excluding carboxylic acids is 6. The van der Waals surface area contributed by atoms with Crippen molar-refractivity contribution in [3.63, 3.8) is 0 Å². The predicted molar refractivity (Wildman–Crippen MR) is 233 cm³/mol. The number of piperidine rings is 1. The van der Waals surface area contributed by atoms with Crippen molar-refractivity contribution in [2.75, 3.05) is 48.8 Å². The van der Waals surface area contributed by atoms with Crippen molar-refractivity contribution >= 4 is 52.5 Å². The number of likely N-dealkylation sites (N-methyl/N-ethyl adjacent to an activating group) is 1. The Balaban J connectivity index is 0.942. The topological polar surface area (TPSA) is 193 Å². The maximum absolute atomic E-state index is 15.8. The van der Waals surface area contributed by atoms with E-state index in [4.69, 9.17) is 0 Å². The van der Waals surface area contributed by atoms with Gasteiger partial charge in [0.25, 0.3) is 23.6 Å². The number of amides is 6. The summed E-state index contributed by atoms with van der Waals surface area (Å²) >= 11 is 0. The molecule has 7 rings (SSSR count). The van der Waals surface area contributed by atoms with Crippen LogP contribution in [-0.4, -0.2) is 102 Å². The van der Waals surface area contributed by atoms with E-state index >= 15 is 4.39 Å². The average molecular weight is 901 g/mol. The molecule has 0 saturated carbocycles. The van der Waals surface area contributed by atoms with Crippen molar-refractivity contribution in [2.24, 2.45) is 0 Å². The molecule has 5 N–H and O–H groups in total. The van der Waals surface area contributed by atoms with Gasteiger partial charge in [0.1, 0.15) is 11.9 Å². The highest BCUT2D eigenvalue weighted by atomic mass is 19.4. The molecule has 0 aliphatic carbocycles. The zero-order valence-electron chi connectivity index (χ0n) is 35.9. The summed E-state index contributed by atoms with van der Waals surface area (Å²) in [5.41, 5.74) is -1.31. The number of benzene rings is 3. The number of alkyl halides is 3. The van der Waals surface area contributed by atoms with E-state index in [1.165, 1.54) is 24.3 Å². The van der Waals surface area contributed by atoms with Gasteiger partial charge in [0, 0.05) is 73.8 Å². The van der Waals surface area contributed by atoms with E-state index in [-0.39, 0.29) is 52.9 Å². The second-order valence-corrected chi connectivity index (χ2v) is 16.5. The molecule has 3 aliphatic rings. The number of aromatic amines is 1. The van der Waals surface area contributed by atoms with Crippen molar-refractivity contribution in [2.45, 2.75) is 76.7 Å². The van der Waals surface area contributed by atoms with E-state index < -0.39 is 70.2 Å². The van der Waals surface area contributed by atoms with Crippen LogP contribution in [0.15, 0.2) is 71.7 Å². The van der Waals surface area contributed by atoms with E-state index in [1.54, 1.807) is 24.3 Å². The van der Waals surface area contributed by atoms with Gasteiger partial charge in [0.2, 0.25) is 17.4 Å². The van der Waals surface area contributed by atoms with Gasteiger partial charge in [-0.15, -0.1) is 0 Å². The fourth-order valence-corrected chi connectivity index (χ4v) is 8.45. The Morgan fingerprint density at radius 1 is 0.815 bits per heavy atom. The highest BCUT2D eigenvalue weighted by Crippen LogP contribution is 2.37. The third-order valence-electron chi connectivity index (χ3n) is 12.1. The highest BCUT2D eigenvalue weighted by Gasteiger charge is 2.45. The minimum absolute atomic E-state index is 0.0244. The number of hydrogen-bond acceptors (Lipinski definition) is 10. The lowest BCUT2D eigenvalue weighted by molar-refractivity contribution is -0.138. The Morgan fingerprint density at radius 3 is 2.23 bits per heavy atom. The number of H-pyrrole nitrogens is 1. The first-order valence-corrected chi connectivity index (χ1v) is 21.3. The van der Waals surface area contributed by atoms with Crippen molar-refractivity contribution in [3.8, 4) is 11.1 Å². The Bertz CT molecular complexity index is 2600. The smallest absolute Gasteiger partial charge is 0.384 e. The monoisotopic (exact) mass is 900 g/mol. The minimum Gasteiger partial charge on any atom is -0.384 e. The number of pyridine rings is 1. The van der Waals surface area contributed by atoms with Crippen LogP contribution in [0, 0.1) is 5.82 Å². The number of carbonyl (C=O) groups is 6. The van der Waals surface area contributed by atoms with Gasteiger partial charge in [-0.25, -0.2) is 4.39 Å². The molecule has 0 bridgehead atoms. The van der Waals surface area contributed by atoms with Gasteiger partial charge >= 0.3 is 6.18 Å². The summed E-state index contributed by atoms with van der Waals surface area (Å²) < 4.78 is 57.5. The average Bonchev–Trinajstić information content (AvgIpc) is 3.51. The first kappa shape index (κ1) is 46.1. The first-order chi connectivity index (χ1) is 30.9. The Kier molecular flexibility index (Phi) is 13.5. The van der Waals surface area contributed by atoms with Crippen LogP contribution in [0.3, 0.4) is 0 Å². The molecule has 0 radical (unpaired) electrons. The van der Waals surface area contributed by atoms with Crippen LogP contribution in [0.4, 0.5) is 34.6 Å². The molecule has 19 heteroatoms. The van der Waals surface area contributed by atoms with Gasteiger partial charge in [-0.2, -0.15) is 13.2 Å². The van der Waals surface area contributed by atoms with Crippen LogP contribution in [0.1, 0.15) is 99.4 Å². The number of nitrogens with zero attached hydrogens (tertiary/aromatic N) is 3. The normalized spacial score (nSPS) is 19.0. The lowest BCUT2D eigenvalue weighted by Crippen LogP contribution is -2.55. The van der Waals surface area contributed by atoms with Crippen LogP contribution >= 0.6 is 0 Å². The molecule has 3 aromatic carbocycles. The molecule has 15 nitrogen and oxygen atoms in total. The number of imide groups is 2. The lowest BCUT2D eigenvalue weighted by atomic mass is 10.00. The predicted octanol–water partition coefficient (Wildman–Crippen LogP) is 5.78. The molecule has 4 heterocycles. The number of piperazine rings is 1. The number of halogens is 4. The van der Waals surface area contributed by atoms with E-state index in [0.717, 1.165) is 23.8 Å². The Hall–Kier alpha value is -6.89. The number of unbranched alkanes of at least 4 members (excludes halogenated alkanes) is 3. The molecule has 2 fully saturated rings. The number of fused-ring (bicyclic) bond motifs is 1. The van der Waals surface area contributed by atoms with E-state index in [0.29, 0.717) is 68.2 Å². The molecule has 2 saturated heterocycles. The van der Waals surface area contributed by atoms with Gasteiger partial charge < -0.3 is 25.8 Å². The first-order valence-electron chi connectivity index (χ1n) is 21.3. The number of rotatable bonds is 14. The maximum Gasteiger partial charge on any atom is 0.417 e. The van der Waals surface area contributed by atoms with E-state index in [9.17, 15) is 46.7 Å². The second-order valence-electron chi connectivity index (χ2n) is 16.5. The van der Waals surface area contributed by atoms with Crippen molar-refractivity contribution in [1.82, 2.24) is 25.4 Å². The van der Waals surface area contributed by atoms with Crippen molar-refractivity contribution in [1.29, 1.82) is 0 Å². The second kappa shape index (κ2) is 19.1. The van der Waals surface area contributed by atoms with Crippen LogP contribution in [0.2, 0.25) is 0 Å². The maximum atomic E-state index is 15.8. The van der Waals surface area contributed by atoms with Crippen LogP contribution in [0.5, 0.6) is 0 Å². The minimum atomic E-state index is -4.99. The summed E-state index contributed by atoms with van der Waals surface area (Å²) in [5, 5.41) is 10.8. The molecule has 6 amide bonds. The number of aromatic nitrogens is 1. The summed E-state index contributed by atoms with van der Waals surface area (Å²) in [6.07, 6.45) is -1.37. The molecular formula is C46H48F4N8O7. The molecule has 1 unspecified atom stereocenters. The highest BCUT2D eigenvalue weighted by molar-refractivity contribution is 6.25. The van der Waals surface area contributed by atoms with E-state index in [1.807, 2.05) is 25.8 Å². The molecular weight excluding hydrogens is 853 g/mol. The fourth-order valence-electron chi connectivity index (χ4n) is 8.45. The van der Waals surface area contributed by atoms with Crippen molar-refractivity contribution in [3.05, 3.63) is 111 Å². The molecule has 1 aromatic heterocycles. The number of anilines is 3. The van der Waals surface area contributed by atoms with Crippen LogP contribution in [0.25, 0.3) is 11.1 Å². The summed E-state index contributed by atoms with van der Waals surface area (Å²) in [4.78, 5) is 95.9. The van der Waals surface area contributed by atoms with Gasteiger partial charge in [0.15, 0.2) is 0 Å².